The second kappa shape index (κ2) is 10.5. The molecule has 2 aromatic heterocycles. The third kappa shape index (κ3) is 6.78. The molecule has 26 heavy (non-hydrogen) atoms. The predicted molar refractivity (Wildman–Crippen MR) is 102 cm³/mol. The fraction of sp³-hybridized carbons (Fsp3) is 0.500. The third-order valence-electron chi connectivity index (χ3n) is 4.49. The maximum absolute atomic E-state index is 11.1. The smallest absolute Gasteiger partial charge is 0.303 e. The molecule has 0 aliphatic heterocycles. The topological polar surface area (TPSA) is 88.0 Å². The van der Waals surface area contributed by atoms with E-state index in [0.717, 1.165) is 55.6 Å². The molecule has 0 saturated heterocycles. The van der Waals surface area contributed by atoms with Gasteiger partial charge in [-0.15, -0.1) is 0 Å². The second-order valence-corrected chi connectivity index (χ2v) is 6.58. The van der Waals surface area contributed by atoms with Crippen molar-refractivity contribution in [3.63, 3.8) is 0 Å². The number of rotatable bonds is 11. The number of unbranched alkanes of at least 4 members (excludes halogenated alkanes) is 3. The van der Waals surface area contributed by atoms with Gasteiger partial charge in [0.2, 0.25) is 0 Å². The van der Waals surface area contributed by atoms with E-state index in [1.807, 2.05) is 26.1 Å². The molecule has 1 atom stereocenters. The molecule has 2 rings (SSSR count). The minimum absolute atomic E-state index is 0.0120. The monoisotopic (exact) mass is 356 g/mol. The van der Waals surface area contributed by atoms with Gasteiger partial charge in [-0.05, 0) is 49.8 Å². The van der Waals surface area contributed by atoms with Gasteiger partial charge >= 0.3 is 5.97 Å². The number of carboxylic acids is 1. The largest absolute Gasteiger partial charge is 0.481 e. The molecule has 2 heterocycles. The summed E-state index contributed by atoms with van der Waals surface area (Å²) in [7, 11) is 1.87. The van der Waals surface area contributed by atoms with Crippen molar-refractivity contribution in [2.75, 3.05) is 12.4 Å². The molecule has 2 aromatic rings. The van der Waals surface area contributed by atoms with Crippen LogP contribution in [-0.4, -0.2) is 33.1 Å². The van der Waals surface area contributed by atoms with E-state index in [1.165, 1.54) is 0 Å². The first kappa shape index (κ1) is 19.8. The number of nitrogens with zero attached hydrogens (tertiary/aromatic N) is 3. The standard InChI is InChI=1S/C20H28N4O2/c1-15-22-13-17(14-23-15)16(12-20(25)26)8-5-3-4-6-9-18-10-7-11-19(21-2)24-18/h7,10-11,13-14,16H,3-6,8-9,12H2,1-2H3,(H,21,24)(H,25,26). The highest BCUT2D eigenvalue weighted by molar-refractivity contribution is 5.68. The van der Waals surface area contributed by atoms with Crippen LogP contribution in [0.1, 0.15) is 61.5 Å². The van der Waals surface area contributed by atoms with Crippen LogP contribution in [0.15, 0.2) is 30.6 Å². The summed E-state index contributed by atoms with van der Waals surface area (Å²) in [6, 6.07) is 6.04. The maximum Gasteiger partial charge on any atom is 0.303 e. The molecule has 0 spiro atoms. The second-order valence-electron chi connectivity index (χ2n) is 6.58. The van der Waals surface area contributed by atoms with Crippen LogP contribution in [0.25, 0.3) is 0 Å². The zero-order valence-electron chi connectivity index (χ0n) is 15.6. The summed E-state index contributed by atoms with van der Waals surface area (Å²) in [6.07, 6.45) is 9.80. The molecule has 1 unspecified atom stereocenters. The average Bonchev–Trinajstić information content (AvgIpc) is 2.64. The van der Waals surface area contributed by atoms with Crippen molar-refractivity contribution in [3.8, 4) is 0 Å². The summed E-state index contributed by atoms with van der Waals surface area (Å²) >= 11 is 0. The Morgan fingerprint density at radius 2 is 1.88 bits per heavy atom. The van der Waals surface area contributed by atoms with E-state index in [-0.39, 0.29) is 12.3 Å². The van der Waals surface area contributed by atoms with Crippen molar-refractivity contribution in [3.05, 3.63) is 47.7 Å². The number of aryl methyl sites for hydroxylation is 2. The summed E-state index contributed by atoms with van der Waals surface area (Å²) in [6.45, 7) is 1.83. The Bertz CT molecular complexity index is 688. The van der Waals surface area contributed by atoms with Crippen molar-refractivity contribution >= 4 is 11.8 Å². The van der Waals surface area contributed by atoms with Gasteiger partial charge in [-0.1, -0.05) is 25.3 Å². The quantitative estimate of drug-likeness (QED) is 0.592. The van der Waals surface area contributed by atoms with Crippen LogP contribution in [0.4, 0.5) is 5.82 Å². The maximum atomic E-state index is 11.1. The Labute approximate surface area is 155 Å². The van der Waals surface area contributed by atoms with E-state index in [1.54, 1.807) is 12.4 Å². The van der Waals surface area contributed by atoms with E-state index >= 15 is 0 Å². The van der Waals surface area contributed by atoms with E-state index in [0.29, 0.717) is 5.82 Å². The van der Waals surface area contributed by atoms with Crippen LogP contribution in [0.3, 0.4) is 0 Å². The fourth-order valence-corrected chi connectivity index (χ4v) is 3.02. The minimum atomic E-state index is -0.772. The lowest BCUT2D eigenvalue weighted by Crippen LogP contribution is -2.08. The Morgan fingerprint density at radius 3 is 2.58 bits per heavy atom. The first-order chi connectivity index (χ1) is 12.6. The number of carboxylic acid groups (broad SMARTS) is 1. The van der Waals surface area contributed by atoms with Gasteiger partial charge in [0.05, 0.1) is 6.42 Å². The lowest BCUT2D eigenvalue weighted by molar-refractivity contribution is -0.137. The normalized spacial score (nSPS) is 11.9. The van der Waals surface area contributed by atoms with E-state index in [4.69, 9.17) is 5.11 Å². The first-order valence-corrected chi connectivity index (χ1v) is 9.22. The Hall–Kier alpha value is -2.50. The van der Waals surface area contributed by atoms with Crippen LogP contribution in [0, 0.1) is 6.92 Å². The van der Waals surface area contributed by atoms with E-state index in [9.17, 15) is 4.79 Å². The molecular formula is C20H28N4O2. The zero-order chi connectivity index (χ0) is 18.8. The average molecular weight is 356 g/mol. The van der Waals surface area contributed by atoms with Gasteiger partial charge in [0.25, 0.3) is 0 Å². The van der Waals surface area contributed by atoms with Crippen molar-refractivity contribution in [2.45, 2.75) is 57.8 Å². The van der Waals surface area contributed by atoms with E-state index in [2.05, 4.69) is 26.3 Å². The van der Waals surface area contributed by atoms with Crippen molar-refractivity contribution in [2.24, 2.45) is 0 Å². The van der Waals surface area contributed by atoms with Gasteiger partial charge in [0, 0.05) is 25.1 Å². The summed E-state index contributed by atoms with van der Waals surface area (Å²) < 4.78 is 0. The van der Waals surface area contributed by atoms with Crippen molar-refractivity contribution < 1.29 is 9.90 Å². The number of aliphatic carboxylic acids is 1. The summed E-state index contributed by atoms with van der Waals surface area (Å²) in [5.41, 5.74) is 2.03. The molecule has 6 nitrogen and oxygen atoms in total. The minimum Gasteiger partial charge on any atom is -0.481 e. The summed E-state index contributed by atoms with van der Waals surface area (Å²) in [5, 5.41) is 12.2. The Balaban J connectivity index is 1.73. The summed E-state index contributed by atoms with van der Waals surface area (Å²) in [4.78, 5) is 24.1. The molecule has 2 N–H and O–H groups in total. The number of hydrogen-bond acceptors (Lipinski definition) is 5. The van der Waals surface area contributed by atoms with Crippen LogP contribution >= 0.6 is 0 Å². The Morgan fingerprint density at radius 1 is 1.15 bits per heavy atom. The van der Waals surface area contributed by atoms with Crippen molar-refractivity contribution in [1.29, 1.82) is 0 Å². The first-order valence-electron chi connectivity index (χ1n) is 9.22. The predicted octanol–water partition coefficient (Wildman–Crippen LogP) is 3.97. The van der Waals surface area contributed by atoms with Gasteiger partial charge in [-0.3, -0.25) is 4.79 Å². The number of carbonyl (C=O) groups is 1. The van der Waals surface area contributed by atoms with Crippen LogP contribution in [-0.2, 0) is 11.2 Å². The SMILES string of the molecule is CNc1cccc(CCCCCCC(CC(=O)O)c2cnc(C)nc2)n1. The molecule has 140 valence electrons. The molecule has 0 saturated carbocycles. The van der Waals surface area contributed by atoms with E-state index < -0.39 is 5.97 Å². The summed E-state index contributed by atoms with van der Waals surface area (Å²) in [5.74, 6) is 0.825. The van der Waals surface area contributed by atoms with Gasteiger partial charge in [0.15, 0.2) is 0 Å². The Kier molecular flexibility index (Phi) is 7.99. The number of aromatic nitrogens is 3. The zero-order valence-corrected chi connectivity index (χ0v) is 15.6. The highest BCUT2D eigenvalue weighted by Crippen LogP contribution is 2.25. The van der Waals surface area contributed by atoms with Crippen LogP contribution in [0.2, 0.25) is 0 Å². The molecule has 0 aliphatic carbocycles. The fourth-order valence-electron chi connectivity index (χ4n) is 3.02. The molecule has 0 radical (unpaired) electrons. The highest BCUT2D eigenvalue weighted by Gasteiger charge is 2.16. The van der Waals surface area contributed by atoms with Gasteiger partial charge < -0.3 is 10.4 Å². The molecule has 6 heteroatoms. The lowest BCUT2D eigenvalue weighted by Gasteiger charge is -2.14. The lowest BCUT2D eigenvalue weighted by atomic mass is 9.92. The molecular weight excluding hydrogens is 328 g/mol. The number of pyridine rings is 1. The molecule has 0 fully saturated rings. The van der Waals surface area contributed by atoms with Crippen molar-refractivity contribution in [1.82, 2.24) is 15.0 Å². The number of nitrogens with one attached hydrogen (secondary N) is 1. The molecule has 0 aliphatic rings. The number of anilines is 1. The molecule has 0 amide bonds. The van der Waals surface area contributed by atoms with Gasteiger partial charge in [0.1, 0.15) is 11.6 Å². The highest BCUT2D eigenvalue weighted by atomic mass is 16.4. The van der Waals surface area contributed by atoms with Crippen LogP contribution < -0.4 is 5.32 Å². The molecule has 0 bridgehead atoms. The number of hydrogen-bond donors (Lipinski definition) is 2. The third-order valence-corrected chi connectivity index (χ3v) is 4.49. The molecule has 0 aromatic carbocycles. The van der Waals surface area contributed by atoms with Gasteiger partial charge in [-0.25, -0.2) is 15.0 Å². The van der Waals surface area contributed by atoms with Crippen LogP contribution in [0.5, 0.6) is 0 Å². The van der Waals surface area contributed by atoms with Gasteiger partial charge in [-0.2, -0.15) is 0 Å².